The molecule has 1 saturated heterocycles. The van der Waals surface area contributed by atoms with E-state index < -0.39 is 0 Å². The highest BCUT2D eigenvalue weighted by molar-refractivity contribution is 5.37. The molecule has 222 valence electrons. The molecule has 0 radical (unpaired) electrons. The minimum absolute atomic E-state index is 0.657. The molecule has 3 nitrogen and oxygen atoms in total. The summed E-state index contributed by atoms with van der Waals surface area (Å²) in [4.78, 5) is 5.70. The van der Waals surface area contributed by atoms with Crippen molar-refractivity contribution in [1.29, 1.82) is 0 Å². The Kier molecular flexibility index (Phi) is 13.9. The fraction of sp³-hybridized carbons (Fsp3) is 0.778. The number of hydrogen-bond acceptors (Lipinski definition) is 3. The first-order valence-corrected chi connectivity index (χ1v) is 17.0. The first-order valence-electron chi connectivity index (χ1n) is 17.0. The van der Waals surface area contributed by atoms with Crippen molar-refractivity contribution in [1.82, 2.24) is 9.80 Å². The van der Waals surface area contributed by atoms with Crippen LogP contribution in [0.4, 0.5) is 0 Å². The van der Waals surface area contributed by atoms with Crippen LogP contribution in [0.1, 0.15) is 147 Å². The average Bonchev–Trinajstić information content (AvgIpc) is 3.70. The second-order valence-electron chi connectivity index (χ2n) is 13.0. The standard InChI is InChI=1S/C36H63N3/c1-7-11-21-38(22-13-12-20-37)36(30-16-17-30)27-39-26-33(25-34(39)23-28(5)14-8-2)31-18-19-35(29(6)10-4)32(24-31)15-9-3/h18-19,24,28-29,33-34H,7-17,20-23,25-27,37H2,1-6H3. The van der Waals surface area contributed by atoms with Crippen molar-refractivity contribution in [2.45, 2.75) is 143 Å². The minimum atomic E-state index is 0.657. The Bertz CT molecular complexity index is 868. The Morgan fingerprint density at radius 2 is 1.77 bits per heavy atom. The largest absolute Gasteiger partial charge is 0.374 e. The molecule has 2 N–H and O–H groups in total. The van der Waals surface area contributed by atoms with E-state index >= 15 is 0 Å². The zero-order valence-corrected chi connectivity index (χ0v) is 26.7. The fourth-order valence-corrected chi connectivity index (χ4v) is 6.96. The fourth-order valence-electron chi connectivity index (χ4n) is 6.96. The van der Waals surface area contributed by atoms with E-state index in [4.69, 9.17) is 5.73 Å². The van der Waals surface area contributed by atoms with Crippen molar-refractivity contribution in [2.75, 3.05) is 32.7 Å². The quantitative estimate of drug-likeness (QED) is 0.179. The van der Waals surface area contributed by atoms with Crippen molar-refractivity contribution in [3.63, 3.8) is 0 Å². The monoisotopic (exact) mass is 538 g/mol. The van der Waals surface area contributed by atoms with Gasteiger partial charge in [-0.15, -0.1) is 0 Å². The van der Waals surface area contributed by atoms with E-state index in [9.17, 15) is 0 Å². The topological polar surface area (TPSA) is 32.5 Å². The number of allylic oxidation sites excluding steroid dienone is 1. The summed E-state index contributed by atoms with van der Waals surface area (Å²) >= 11 is 0. The van der Waals surface area contributed by atoms with Gasteiger partial charge in [0.15, 0.2) is 0 Å². The van der Waals surface area contributed by atoms with Crippen LogP contribution < -0.4 is 5.73 Å². The van der Waals surface area contributed by atoms with Crippen LogP contribution in [0.25, 0.3) is 0 Å². The molecule has 0 amide bonds. The summed E-state index contributed by atoms with van der Waals surface area (Å²) in [6, 6.07) is 8.31. The maximum atomic E-state index is 5.88. The van der Waals surface area contributed by atoms with Crippen molar-refractivity contribution in [3.8, 4) is 0 Å². The zero-order chi connectivity index (χ0) is 28.2. The molecule has 39 heavy (non-hydrogen) atoms. The second kappa shape index (κ2) is 16.8. The summed E-state index contributed by atoms with van der Waals surface area (Å²) < 4.78 is 0. The van der Waals surface area contributed by atoms with Crippen LogP contribution in [0.2, 0.25) is 0 Å². The highest BCUT2D eigenvalue weighted by atomic mass is 15.2. The first-order chi connectivity index (χ1) is 18.9. The van der Waals surface area contributed by atoms with E-state index in [1.807, 2.05) is 0 Å². The van der Waals surface area contributed by atoms with Gasteiger partial charge in [0, 0.05) is 37.9 Å². The van der Waals surface area contributed by atoms with Gasteiger partial charge in [0.25, 0.3) is 0 Å². The highest BCUT2D eigenvalue weighted by Crippen LogP contribution is 2.40. The summed E-state index contributed by atoms with van der Waals surface area (Å²) in [5.74, 6) is 2.13. The summed E-state index contributed by atoms with van der Waals surface area (Å²) in [6.45, 7) is 19.8. The van der Waals surface area contributed by atoms with Crippen molar-refractivity contribution in [3.05, 3.63) is 46.2 Å². The van der Waals surface area contributed by atoms with Gasteiger partial charge in [0.1, 0.15) is 0 Å². The Labute approximate surface area is 243 Å². The minimum Gasteiger partial charge on any atom is -0.374 e. The highest BCUT2D eigenvalue weighted by Gasteiger charge is 2.36. The molecule has 1 aliphatic carbocycles. The number of benzene rings is 1. The third-order valence-electron chi connectivity index (χ3n) is 9.59. The number of aryl methyl sites for hydroxylation is 1. The molecule has 1 aromatic rings. The van der Waals surface area contributed by atoms with Gasteiger partial charge in [-0.2, -0.15) is 0 Å². The third kappa shape index (κ3) is 9.63. The van der Waals surface area contributed by atoms with Crippen LogP contribution >= 0.6 is 0 Å². The van der Waals surface area contributed by atoms with Crippen LogP contribution in [0.15, 0.2) is 29.5 Å². The molecule has 1 saturated carbocycles. The van der Waals surface area contributed by atoms with Crippen molar-refractivity contribution >= 4 is 0 Å². The number of nitrogens with two attached hydrogens (primary N) is 1. The molecule has 3 heteroatoms. The van der Waals surface area contributed by atoms with Gasteiger partial charge in [-0.1, -0.05) is 85.4 Å². The lowest BCUT2D eigenvalue weighted by Gasteiger charge is -2.34. The zero-order valence-electron chi connectivity index (χ0n) is 26.7. The van der Waals surface area contributed by atoms with E-state index in [1.165, 1.54) is 96.7 Å². The number of hydrogen-bond donors (Lipinski definition) is 1. The van der Waals surface area contributed by atoms with E-state index in [2.05, 4.69) is 69.5 Å². The third-order valence-corrected chi connectivity index (χ3v) is 9.59. The van der Waals surface area contributed by atoms with Crippen LogP contribution in [0.3, 0.4) is 0 Å². The molecular formula is C36H63N3. The molecular weight excluding hydrogens is 474 g/mol. The Morgan fingerprint density at radius 1 is 1.00 bits per heavy atom. The van der Waals surface area contributed by atoms with Gasteiger partial charge in [-0.3, -0.25) is 4.90 Å². The van der Waals surface area contributed by atoms with Crippen LogP contribution in [-0.4, -0.2) is 48.6 Å². The van der Waals surface area contributed by atoms with Gasteiger partial charge in [-0.25, -0.2) is 0 Å². The molecule has 0 bridgehead atoms. The molecule has 1 aromatic carbocycles. The summed E-state index contributed by atoms with van der Waals surface area (Å²) in [5, 5.41) is 0. The predicted molar refractivity (Wildman–Crippen MR) is 172 cm³/mol. The van der Waals surface area contributed by atoms with Gasteiger partial charge in [0.05, 0.1) is 0 Å². The van der Waals surface area contributed by atoms with Crippen LogP contribution in [0, 0.1) is 5.92 Å². The van der Waals surface area contributed by atoms with Gasteiger partial charge < -0.3 is 10.6 Å². The van der Waals surface area contributed by atoms with E-state index in [1.54, 1.807) is 28.0 Å². The number of likely N-dealkylation sites (tertiary alicyclic amines) is 1. The van der Waals surface area contributed by atoms with Gasteiger partial charge >= 0.3 is 0 Å². The second-order valence-corrected chi connectivity index (χ2v) is 13.0. The maximum absolute atomic E-state index is 5.88. The number of unbranched alkanes of at least 4 members (excludes halogenated alkanes) is 2. The van der Waals surface area contributed by atoms with Gasteiger partial charge in [-0.05, 0) is 104 Å². The summed E-state index contributed by atoms with van der Waals surface area (Å²) in [6.07, 6.45) is 16.6. The molecule has 4 unspecified atom stereocenters. The SMILES string of the molecule is CCCCN(CCCCN)C(CN1CC(c2ccc(C(C)CC)c(CCC)c2)CC1CC(C)CCC)=C1CC1. The normalized spacial score (nSPS) is 20.8. The van der Waals surface area contributed by atoms with E-state index in [-0.39, 0.29) is 0 Å². The Balaban J connectivity index is 1.84. The van der Waals surface area contributed by atoms with Crippen LogP contribution in [0.5, 0.6) is 0 Å². The van der Waals surface area contributed by atoms with Crippen molar-refractivity contribution < 1.29 is 0 Å². The lowest BCUT2D eigenvalue weighted by Crippen LogP contribution is -2.38. The lowest BCUT2D eigenvalue weighted by atomic mass is 9.86. The first kappa shape index (κ1) is 32.2. The van der Waals surface area contributed by atoms with Crippen LogP contribution in [-0.2, 0) is 6.42 Å². The number of rotatable bonds is 19. The molecule has 3 rings (SSSR count). The van der Waals surface area contributed by atoms with Gasteiger partial charge in [0.2, 0.25) is 0 Å². The molecule has 1 heterocycles. The predicted octanol–water partition coefficient (Wildman–Crippen LogP) is 9.03. The average molecular weight is 538 g/mol. The lowest BCUT2D eigenvalue weighted by molar-refractivity contribution is 0.206. The maximum Gasteiger partial charge on any atom is 0.0386 e. The summed E-state index contributed by atoms with van der Waals surface area (Å²) in [7, 11) is 0. The molecule has 2 aliphatic rings. The molecule has 2 fully saturated rings. The molecule has 1 aliphatic heterocycles. The Hall–Kier alpha value is -1.32. The molecule has 0 spiro atoms. The summed E-state index contributed by atoms with van der Waals surface area (Å²) in [5.41, 5.74) is 14.1. The Morgan fingerprint density at radius 3 is 2.41 bits per heavy atom. The molecule has 0 aromatic heterocycles. The van der Waals surface area contributed by atoms with E-state index in [0.717, 1.165) is 25.4 Å². The smallest absolute Gasteiger partial charge is 0.0386 e. The molecule has 4 atom stereocenters. The van der Waals surface area contributed by atoms with E-state index in [0.29, 0.717) is 17.9 Å². The van der Waals surface area contributed by atoms with Crippen molar-refractivity contribution in [2.24, 2.45) is 11.7 Å². The number of nitrogens with zero attached hydrogens (tertiary/aromatic N) is 2.